The van der Waals surface area contributed by atoms with E-state index in [-0.39, 0.29) is 17.5 Å². The molecule has 1 fully saturated rings. The molecule has 1 aromatic heterocycles. The minimum atomic E-state index is -0.304. The van der Waals surface area contributed by atoms with Crippen molar-refractivity contribution >= 4 is 23.4 Å². The summed E-state index contributed by atoms with van der Waals surface area (Å²) in [5.41, 5.74) is 1.50. The number of nitrogens with one attached hydrogen (secondary N) is 1. The lowest BCUT2D eigenvalue weighted by Crippen LogP contribution is -2.39. The van der Waals surface area contributed by atoms with Gasteiger partial charge in [0.25, 0.3) is 11.8 Å². The monoisotopic (exact) mass is 371 g/mol. The van der Waals surface area contributed by atoms with Crippen LogP contribution in [-0.4, -0.2) is 34.8 Å². The average Bonchev–Trinajstić information content (AvgIpc) is 2.67. The Bertz CT molecular complexity index is 792. The smallest absolute Gasteiger partial charge is 0.272 e. The van der Waals surface area contributed by atoms with Crippen molar-refractivity contribution in [1.82, 2.24) is 15.2 Å². The van der Waals surface area contributed by atoms with E-state index in [2.05, 4.69) is 17.2 Å². The van der Waals surface area contributed by atoms with Crippen LogP contribution in [0.4, 0.5) is 0 Å². The Morgan fingerprint density at radius 2 is 1.92 bits per heavy atom. The Hall–Kier alpha value is -2.40. The molecular formula is C20H22ClN3O2. The van der Waals surface area contributed by atoms with Crippen molar-refractivity contribution < 1.29 is 9.59 Å². The van der Waals surface area contributed by atoms with Gasteiger partial charge in [-0.1, -0.05) is 36.7 Å². The molecule has 1 atom stereocenters. The van der Waals surface area contributed by atoms with E-state index in [0.717, 1.165) is 31.5 Å². The third kappa shape index (κ3) is 4.61. The van der Waals surface area contributed by atoms with Crippen molar-refractivity contribution in [2.75, 3.05) is 13.1 Å². The number of amides is 2. The molecule has 2 heterocycles. The first-order chi connectivity index (χ1) is 12.5. The molecule has 0 saturated carbocycles. The fourth-order valence-corrected chi connectivity index (χ4v) is 3.22. The molecule has 1 aliphatic rings. The van der Waals surface area contributed by atoms with Crippen molar-refractivity contribution in [3.63, 3.8) is 0 Å². The predicted molar refractivity (Wildman–Crippen MR) is 101 cm³/mol. The summed E-state index contributed by atoms with van der Waals surface area (Å²) in [5, 5.41) is 3.47. The fraction of sp³-hybridized carbons (Fsp3) is 0.350. The third-order valence-corrected chi connectivity index (χ3v) is 4.76. The molecule has 6 heteroatoms. The first kappa shape index (κ1) is 18.4. The predicted octanol–water partition coefficient (Wildman–Crippen LogP) is 3.54. The van der Waals surface area contributed by atoms with Gasteiger partial charge in [-0.2, -0.15) is 0 Å². The van der Waals surface area contributed by atoms with E-state index in [4.69, 9.17) is 11.6 Å². The molecule has 0 bridgehead atoms. The second-order valence-electron chi connectivity index (χ2n) is 6.72. The van der Waals surface area contributed by atoms with E-state index in [1.807, 2.05) is 17.0 Å². The van der Waals surface area contributed by atoms with Crippen molar-refractivity contribution in [3.8, 4) is 0 Å². The molecule has 3 rings (SSSR count). The van der Waals surface area contributed by atoms with Crippen LogP contribution in [-0.2, 0) is 6.54 Å². The van der Waals surface area contributed by atoms with Gasteiger partial charge in [0.2, 0.25) is 0 Å². The highest BCUT2D eigenvalue weighted by Crippen LogP contribution is 2.17. The summed E-state index contributed by atoms with van der Waals surface area (Å²) in [6.45, 7) is 4.01. The minimum absolute atomic E-state index is 0.107. The van der Waals surface area contributed by atoms with E-state index < -0.39 is 0 Å². The second kappa shape index (κ2) is 8.32. The van der Waals surface area contributed by atoms with Crippen molar-refractivity contribution in [2.45, 2.75) is 26.3 Å². The highest BCUT2D eigenvalue weighted by Gasteiger charge is 2.23. The Labute approximate surface area is 158 Å². The number of nitrogens with zero attached hydrogens (tertiary/aromatic N) is 2. The van der Waals surface area contributed by atoms with Crippen LogP contribution < -0.4 is 5.32 Å². The summed E-state index contributed by atoms with van der Waals surface area (Å²) in [4.78, 5) is 31.1. The molecular weight excluding hydrogens is 350 g/mol. The number of carbonyl (C=O) groups excluding carboxylic acids is 2. The zero-order valence-corrected chi connectivity index (χ0v) is 15.5. The number of pyridine rings is 1. The zero-order chi connectivity index (χ0) is 18.5. The first-order valence-electron chi connectivity index (χ1n) is 8.82. The Balaban J connectivity index is 1.65. The van der Waals surface area contributed by atoms with Gasteiger partial charge in [0, 0.05) is 24.7 Å². The molecule has 1 unspecified atom stereocenters. The number of benzene rings is 1. The number of hydrogen-bond donors (Lipinski definition) is 1. The van der Waals surface area contributed by atoms with E-state index in [0.29, 0.717) is 23.2 Å². The van der Waals surface area contributed by atoms with Gasteiger partial charge >= 0.3 is 0 Å². The molecule has 1 aromatic carbocycles. The molecule has 26 heavy (non-hydrogen) atoms. The van der Waals surface area contributed by atoms with Gasteiger partial charge in [-0.3, -0.25) is 9.59 Å². The zero-order valence-electron chi connectivity index (χ0n) is 14.7. The lowest BCUT2D eigenvalue weighted by Gasteiger charge is -2.30. The Kier molecular flexibility index (Phi) is 5.89. The van der Waals surface area contributed by atoms with Gasteiger partial charge < -0.3 is 10.2 Å². The number of hydrogen-bond acceptors (Lipinski definition) is 3. The molecule has 2 aromatic rings. The number of rotatable bonds is 4. The highest BCUT2D eigenvalue weighted by molar-refractivity contribution is 6.30. The molecule has 1 N–H and O–H groups in total. The summed E-state index contributed by atoms with van der Waals surface area (Å²) in [6, 6.07) is 12.2. The number of aromatic nitrogens is 1. The maximum Gasteiger partial charge on any atom is 0.272 e. The number of piperidine rings is 1. The molecule has 0 aliphatic carbocycles. The molecule has 5 nitrogen and oxygen atoms in total. The molecule has 0 spiro atoms. The van der Waals surface area contributed by atoms with Gasteiger partial charge in [-0.05, 0) is 48.6 Å². The van der Waals surface area contributed by atoms with Crippen LogP contribution >= 0.6 is 11.6 Å². The fourth-order valence-electron chi connectivity index (χ4n) is 3.09. The van der Waals surface area contributed by atoms with Crippen LogP contribution in [0.25, 0.3) is 0 Å². The van der Waals surface area contributed by atoms with E-state index in [1.54, 1.807) is 30.3 Å². The molecule has 0 radical (unpaired) electrons. The maximum atomic E-state index is 12.7. The van der Waals surface area contributed by atoms with Crippen LogP contribution in [0.1, 0.15) is 46.3 Å². The van der Waals surface area contributed by atoms with Crippen molar-refractivity contribution in [3.05, 3.63) is 64.4 Å². The summed E-state index contributed by atoms with van der Waals surface area (Å²) < 4.78 is 0. The summed E-state index contributed by atoms with van der Waals surface area (Å²) in [5.74, 6) is 0.0871. The third-order valence-electron chi connectivity index (χ3n) is 4.51. The van der Waals surface area contributed by atoms with E-state index in [1.165, 1.54) is 0 Å². The van der Waals surface area contributed by atoms with Gasteiger partial charge in [0.15, 0.2) is 0 Å². The molecule has 1 aliphatic heterocycles. The summed E-state index contributed by atoms with van der Waals surface area (Å²) >= 11 is 5.86. The number of carbonyl (C=O) groups is 2. The van der Waals surface area contributed by atoms with E-state index in [9.17, 15) is 9.59 Å². The van der Waals surface area contributed by atoms with Gasteiger partial charge in [-0.25, -0.2) is 4.98 Å². The lowest BCUT2D eigenvalue weighted by molar-refractivity contribution is 0.0677. The van der Waals surface area contributed by atoms with Gasteiger partial charge in [-0.15, -0.1) is 0 Å². The quantitative estimate of drug-likeness (QED) is 0.894. The normalized spacial score (nSPS) is 17.0. The second-order valence-corrected chi connectivity index (χ2v) is 7.15. The highest BCUT2D eigenvalue weighted by atomic mass is 35.5. The standard InChI is InChI=1S/C20H22ClN3O2/c1-14-4-3-11-24(13-14)20(26)18-6-2-5-17(23-18)19(25)22-12-15-7-9-16(21)10-8-15/h2,5-10,14H,3-4,11-13H2,1H3,(H,22,25). The van der Waals surface area contributed by atoms with Crippen molar-refractivity contribution in [1.29, 1.82) is 0 Å². The molecule has 136 valence electrons. The number of likely N-dealkylation sites (tertiary alicyclic amines) is 1. The maximum absolute atomic E-state index is 12.7. The first-order valence-corrected chi connectivity index (χ1v) is 9.19. The molecule has 2 amide bonds. The summed E-state index contributed by atoms with van der Waals surface area (Å²) in [7, 11) is 0. The Morgan fingerprint density at radius 1 is 1.19 bits per heavy atom. The minimum Gasteiger partial charge on any atom is -0.347 e. The van der Waals surface area contributed by atoms with Gasteiger partial charge in [0.1, 0.15) is 11.4 Å². The summed E-state index contributed by atoms with van der Waals surface area (Å²) in [6.07, 6.45) is 2.15. The van der Waals surface area contributed by atoms with Crippen LogP contribution in [0.3, 0.4) is 0 Å². The SMILES string of the molecule is CC1CCCN(C(=O)c2cccc(C(=O)NCc3ccc(Cl)cc3)n2)C1. The number of halogens is 1. The van der Waals surface area contributed by atoms with E-state index >= 15 is 0 Å². The lowest BCUT2D eigenvalue weighted by atomic mass is 10.00. The Morgan fingerprint density at radius 3 is 2.65 bits per heavy atom. The average molecular weight is 372 g/mol. The van der Waals surface area contributed by atoms with Crippen LogP contribution in [0.2, 0.25) is 5.02 Å². The van der Waals surface area contributed by atoms with Crippen LogP contribution in [0, 0.1) is 5.92 Å². The van der Waals surface area contributed by atoms with Crippen molar-refractivity contribution in [2.24, 2.45) is 5.92 Å². The van der Waals surface area contributed by atoms with Gasteiger partial charge in [0.05, 0.1) is 0 Å². The van der Waals surface area contributed by atoms with Crippen LogP contribution in [0.5, 0.6) is 0 Å². The van der Waals surface area contributed by atoms with Crippen LogP contribution in [0.15, 0.2) is 42.5 Å². The largest absolute Gasteiger partial charge is 0.347 e. The topological polar surface area (TPSA) is 62.3 Å². The molecule has 1 saturated heterocycles.